The highest BCUT2D eigenvalue weighted by Gasteiger charge is 2.31. The summed E-state index contributed by atoms with van der Waals surface area (Å²) in [6.07, 6.45) is 1.99. The smallest absolute Gasteiger partial charge is 0.258 e. The van der Waals surface area contributed by atoms with Gasteiger partial charge >= 0.3 is 0 Å². The Balaban J connectivity index is 1.87. The summed E-state index contributed by atoms with van der Waals surface area (Å²) in [5.74, 6) is 1.48. The van der Waals surface area contributed by atoms with E-state index in [1.54, 1.807) is 14.2 Å². The average Bonchev–Trinajstić information content (AvgIpc) is 3.10. The molecule has 23 heavy (non-hydrogen) atoms. The van der Waals surface area contributed by atoms with Gasteiger partial charge in [-0.15, -0.1) is 0 Å². The van der Waals surface area contributed by atoms with Crippen molar-refractivity contribution in [3.63, 3.8) is 0 Å². The Labute approximate surface area is 136 Å². The van der Waals surface area contributed by atoms with E-state index < -0.39 is 0 Å². The first kappa shape index (κ1) is 15.4. The van der Waals surface area contributed by atoms with Gasteiger partial charge in [0.2, 0.25) is 0 Å². The predicted octanol–water partition coefficient (Wildman–Crippen LogP) is 3.68. The number of likely N-dealkylation sites (tertiary alicyclic amines) is 1. The third-order valence-corrected chi connectivity index (χ3v) is 4.35. The van der Waals surface area contributed by atoms with E-state index in [2.05, 4.69) is 0 Å². The Morgan fingerprint density at radius 2 is 1.78 bits per heavy atom. The number of methoxy groups -OCH3 is 2. The van der Waals surface area contributed by atoms with E-state index in [9.17, 15) is 4.79 Å². The Kier molecular flexibility index (Phi) is 4.51. The van der Waals surface area contributed by atoms with Crippen molar-refractivity contribution in [3.8, 4) is 11.5 Å². The van der Waals surface area contributed by atoms with Crippen LogP contribution in [0.3, 0.4) is 0 Å². The number of amides is 1. The first-order valence-corrected chi connectivity index (χ1v) is 7.82. The zero-order valence-electron chi connectivity index (χ0n) is 13.5. The van der Waals surface area contributed by atoms with Crippen LogP contribution >= 0.6 is 0 Å². The molecular weight excluding hydrogens is 290 g/mol. The van der Waals surface area contributed by atoms with Crippen LogP contribution in [0.15, 0.2) is 48.5 Å². The second-order valence-corrected chi connectivity index (χ2v) is 5.63. The zero-order chi connectivity index (χ0) is 16.2. The molecule has 1 fully saturated rings. The molecular formula is C19H21NO3. The Morgan fingerprint density at radius 3 is 2.48 bits per heavy atom. The lowest BCUT2D eigenvalue weighted by Crippen LogP contribution is -2.30. The molecule has 1 amide bonds. The van der Waals surface area contributed by atoms with Crippen LogP contribution in [0.25, 0.3) is 0 Å². The number of carbonyl (C=O) groups is 1. The normalized spacial score (nSPS) is 17.1. The van der Waals surface area contributed by atoms with Gasteiger partial charge in [0, 0.05) is 6.54 Å². The molecule has 1 atom stereocenters. The van der Waals surface area contributed by atoms with Gasteiger partial charge in [-0.05, 0) is 42.7 Å². The second-order valence-electron chi connectivity index (χ2n) is 5.63. The van der Waals surface area contributed by atoms with Crippen molar-refractivity contribution in [2.45, 2.75) is 18.9 Å². The molecule has 2 aromatic rings. The molecule has 0 bridgehead atoms. The summed E-state index contributed by atoms with van der Waals surface area (Å²) in [6.45, 7) is 0.771. The van der Waals surface area contributed by atoms with Crippen molar-refractivity contribution in [1.29, 1.82) is 0 Å². The molecule has 0 aliphatic carbocycles. The monoisotopic (exact) mass is 311 g/mol. The summed E-state index contributed by atoms with van der Waals surface area (Å²) in [5.41, 5.74) is 1.77. The fourth-order valence-corrected chi connectivity index (χ4v) is 3.16. The minimum Gasteiger partial charge on any atom is -0.497 e. The highest BCUT2D eigenvalue weighted by atomic mass is 16.5. The molecule has 0 saturated carbocycles. The number of ether oxygens (including phenoxy) is 2. The quantitative estimate of drug-likeness (QED) is 0.864. The second kappa shape index (κ2) is 6.73. The first-order chi connectivity index (χ1) is 11.2. The lowest BCUT2D eigenvalue weighted by molar-refractivity contribution is 0.0732. The van der Waals surface area contributed by atoms with E-state index in [0.717, 1.165) is 30.7 Å². The van der Waals surface area contributed by atoms with Gasteiger partial charge in [-0.1, -0.05) is 24.3 Å². The van der Waals surface area contributed by atoms with Crippen LogP contribution in [0, 0.1) is 0 Å². The molecule has 1 aliphatic heterocycles. The van der Waals surface area contributed by atoms with Gasteiger partial charge in [-0.3, -0.25) is 4.79 Å². The van der Waals surface area contributed by atoms with Crippen LogP contribution in [-0.4, -0.2) is 31.6 Å². The minimum atomic E-state index is 0.0285. The molecule has 0 N–H and O–H groups in total. The number of rotatable bonds is 4. The molecule has 120 valence electrons. The van der Waals surface area contributed by atoms with E-state index >= 15 is 0 Å². The number of benzene rings is 2. The summed E-state index contributed by atoms with van der Waals surface area (Å²) in [6, 6.07) is 15.5. The van der Waals surface area contributed by atoms with Crippen molar-refractivity contribution in [2.75, 3.05) is 20.8 Å². The van der Waals surface area contributed by atoms with Crippen molar-refractivity contribution in [1.82, 2.24) is 4.90 Å². The molecule has 0 spiro atoms. The van der Waals surface area contributed by atoms with Gasteiger partial charge in [0.1, 0.15) is 11.5 Å². The fourth-order valence-electron chi connectivity index (χ4n) is 3.16. The molecule has 1 heterocycles. The molecule has 0 radical (unpaired) electrons. The molecule has 0 aromatic heterocycles. The summed E-state index contributed by atoms with van der Waals surface area (Å²) < 4.78 is 10.5. The summed E-state index contributed by atoms with van der Waals surface area (Å²) in [7, 11) is 3.25. The number of para-hydroxylation sites is 1. The maximum atomic E-state index is 13.0. The topological polar surface area (TPSA) is 38.8 Å². The van der Waals surface area contributed by atoms with Crippen LogP contribution in [0.4, 0.5) is 0 Å². The largest absolute Gasteiger partial charge is 0.497 e. The van der Waals surface area contributed by atoms with Crippen LogP contribution in [0.2, 0.25) is 0 Å². The van der Waals surface area contributed by atoms with Crippen molar-refractivity contribution >= 4 is 5.91 Å². The Bertz CT molecular complexity index is 681. The highest BCUT2D eigenvalue weighted by molar-refractivity contribution is 5.97. The number of nitrogens with zero attached hydrogens (tertiary/aromatic N) is 1. The van der Waals surface area contributed by atoms with Crippen molar-refractivity contribution in [2.24, 2.45) is 0 Å². The lowest BCUT2D eigenvalue weighted by Gasteiger charge is -2.26. The van der Waals surface area contributed by atoms with Crippen LogP contribution in [0.5, 0.6) is 11.5 Å². The molecule has 1 aliphatic rings. The van der Waals surface area contributed by atoms with E-state index in [-0.39, 0.29) is 11.9 Å². The predicted molar refractivity (Wildman–Crippen MR) is 89.0 cm³/mol. The van der Waals surface area contributed by atoms with E-state index in [1.165, 1.54) is 0 Å². The SMILES string of the molecule is COc1ccc([C@H]2CCCN2C(=O)c2ccccc2OC)cc1. The number of hydrogen-bond donors (Lipinski definition) is 0. The van der Waals surface area contributed by atoms with Gasteiger partial charge in [-0.2, -0.15) is 0 Å². The molecule has 2 aromatic carbocycles. The molecule has 0 unspecified atom stereocenters. The van der Waals surface area contributed by atoms with Crippen molar-refractivity contribution < 1.29 is 14.3 Å². The van der Waals surface area contributed by atoms with Crippen molar-refractivity contribution in [3.05, 3.63) is 59.7 Å². The molecule has 4 heteroatoms. The van der Waals surface area contributed by atoms with Gasteiger partial charge in [0.05, 0.1) is 25.8 Å². The van der Waals surface area contributed by atoms with E-state index in [1.807, 2.05) is 53.4 Å². The maximum absolute atomic E-state index is 13.0. The van der Waals surface area contributed by atoms with E-state index in [4.69, 9.17) is 9.47 Å². The third-order valence-electron chi connectivity index (χ3n) is 4.35. The van der Waals surface area contributed by atoms with Crippen LogP contribution < -0.4 is 9.47 Å². The lowest BCUT2D eigenvalue weighted by atomic mass is 10.0. The number of carbonyl (C=O) groups excluding carboxylic acids is 1. The average molecular weight is 311 g/mol. The summed E-state index contributed by atoms with van der Waals surface area (Å²) >= 11 is 0. The summed E-state index contributed by atoms with van der Waals surface area (Å²) in [4.78, 5) is 14.9. The first-order valence-electron chi connectivity index (χ1n) is 7.82. The standard InChI is InChI=1S/C19H21NO3/c1-22-15-11-9-14(10-12-15)17-7-5-13-20(17)19(21)16-6-3-4-8-18(16)23-2/h3-4,6,8-12,17H,5,7,13H2,1-2H3/t17-/m1/s1. The number of hydrogen-bond acceptors (Lipinski definition) is 3. The van der Waals surface area contributed by atoms with Crippen LogP contribution in [0.1, 0.15) is 34.8 Å². The molecule has 3 rings (SSSR count). The third kappa shape index (κ3) is 3.02. The Morgan fingerprint density at radius 1 is 1.04 bits per heavy atom. The van der Waals surface area contributed by atoms with Gasteiger partial charge in [-0.25, -0.2) is 0 Å². The van der Waals surface area contributed by atoms with Gasteiger partial charge < -0.3 is 14.4 Å². The van der Waals surface area contributed by atoms with Gasteiger partial charge in [0.15, 0.2) is 0 Å². The summed E-state index contributed by atoms with van der Waals surface area (Å²) in [5, 5.41) is 0. The molecule has 4 nitrogen and oxygen atoms in total. The maximum Gasteiger partial charge on any atom is 0.258 e. The highest BCUT2D eigenvalue weighted by Crippen LogP contribution is 2.35. The Hall–Kier alpha value is -2.49. The minimum absolute atomic E-state index is 0.0285. The zero-order valence-corrected chi connectivity index (χ0v) is 13.5. The van der Waals surface area contributed by atoms with Gasteiger partial charge in [0.25, 0.3) is 5.91 Å². The fraction of sp³-hybridized carbons (Fsp3) is 0.316. The van der Waals surface area contributed by atoms with E-state index in [0.29, 0.717) is 11.3 Å². The molecule has 1 saturated heterocycles. The van der Waals surface area contributed by atoms with Crippen LogP contribution in [-0.2, 0) is 0 Å².